The van der Waals surface area contributed by atoms with Crippen LogP contribution in [0.25, 0.3) is 0 Å². The Hall–Kier alpha value is -4.32. The second-order valence-corrected chi connectivity index (χ2v) is 14.2. The second-order valence-electron chi connectivity index (χ2n) is 14.2. The number of carbonyl (C=O) groups is 6. The molecule has 3 N–H and O–H groups in total. The molecule has 1 unspecified atom stereocenters. The minimum atomic E-state index is -1.10. The van der Waals surface area contributed by atoms with Crippen molar-refractivity contribution in [1.29, 1.82) is 0 Å². The van der Waals surface area contributed by atoms with Crippen LogP contribution in [-0.4, -0.2) is 191 Å². The van der Waals surface area contributed by atoms with Crippen LogP contribution in [0.4, 0.5) is 4.79 Å². The van der Waals surface area contributed by atoms with E-state index in [9.17, 15) is 28.8 Å². The number of fused-ring (bicyclic) bond motifs is 1. The van der Waals surface area contributed by atoms with Crippen LogP contribution in [0.3, 0.4) is 0 Å². The van der Waals surface area contributed by atoms with Gasteiger partial charge in [-0.15, -0.1) is 0 Å². The van der Waals surface area contributed by atoms with E-state index in [-0.39, 0.29) is 42.9 Å². The summed E-state index contributed by atoms with van der Waals surface area (Å²) in [5.74, 6) is -2.98. The van der Waals surface area contributed by atoms with Gasteiger partial charge in [0.1, 0.15) is 17.4 Å². The highest BCUT2D eigenvalue weighted by Gasteiger charge is 2.46. The highest BCUT2D eigenvalue weighted by atomic mass is 16.6. The van der Waals surface area contributed by atoms with Crippen LogP contribution < -0.4 is 20.7 Å². The third kappa shape index (κ3) is 21.4. The van der Waals surface area contributed by atoms with Crippen LogP contribution in [0.1, 0.15) is 54.3 Å². The first-order valence-electron chi connectivity index (χ1n) is 20.4. The van der Waals surface area contributed by atoms with E-state index < -0.39 is 53.9 Å². The largest absolute Gasteiger partial charge is 0.483 e. The molecule has 0 radical (unpaired) electrons. The Morgan fingerprint density at radius 3 is 1.52 bits per heavy atom. The molecule has 1 saturated heterocycles. The molecule has 1 aromatic carbocycles. The van der Waals surface area contributed by atoms with Crippen molar-refractivity contribution in [2.24, 2.45) is 0 Å². The average molecular weight is 871 g/mol. The number of imide groups is 2. The zero-order valence-electron chi connectivity index (χ0n) is 35.5. The van der Waals surface area contributed by atoms with E-state index in [4.69, 9.17) is 52.1 Å². The molecule has 0 saturated carbocycles. The number of ether oxygens (including phenoxy) is 11. The normalized spacial score (nSPS) is 15.2. The van der Waals surface area contributed by atoms with Crippen molar-refractivity contribution in [2.75, 3.05) is 139 Å². The number of hydrogen-bond donors (Lipinski definition) is 3. The number of nitrogens with one attached hydrogen (secondary N) is 3. The lowest BCUT2D eigenvalue weighted by molar-refractivity contribution is -0.136. The van der Waals surface area contributed by atoms with Gasteiger partial charge in [-0.2, -0.15) is 0 Å². The van der Waals surface area contributed by atoms with Crippen LogP contribution in [0, 0.1) is 0 Å². The summed E-state index contributed by atoms with van der Waals surface area (Å²) in [4.78, 5) is 74.6. The standard InChI is InChI=1S/C40H62N4O17/c1-40(2,3)61-39(50)42-10-12-52-14-16-54-18-20-56-22-24-58-26-28-59-27-25-57-23-21-55-19-17-53-15-13-51-11-9-41-34(46)29-60-32-6-4-5-30-35(32)38(49)44(37(30)48)31-7-8-33(45)43-36(31)47/h4-6,31H,7-29H2,1-3H3,(H,41,46)(H,42,50)(H,43,45,47). The quantitative estimate of drug-likeness (QED) is 0.0621. The van der Waals surface area contributed by atoms with Gasteiger partial charge in [-0.3, -0.25) is 34.2 Å². The number of carbonyl (C=O) groups excluding carboxylic acids is 6. The van der Waals surface area contributed by atoms with Crippen LogP contribution in [0.15, 0.2) is 18.2 Å². The van der Waals surface area contributed by atoms with Gasteiger partial charge >= 0.3 is 6.09 Å². The number of alkyl carbamates (subject to hydrolysis) is 1. The molecule has 1 atom stereocenters. The molecule has 0 spiro atoms. The highest BCUT2D eigenvalue weighted by Crippen LogP contribution is 2.33. The summed E-state index contributed by atoms with van der Waals surface area (Å²) >= 11 is 0. The van der Waals surface area contributed by atoms with Crippen molar-refractivity contribution in [2.45, 2.75) is 45.3 Å². The fourth-order valence-electron chi connectivity index (χ4n) is 5.46. The number of benzene rings is 1. The smallest absolute Gasteiger partial charge is 0.407 e. The molecule has 1 fully saturated rings. The van der Waals surface area contributed by atoms with Crippen molar-refractivity contribution < 1.29 is 80.9 Å². The predicted molar refractivity (Wildman–Crippen MR) is 213 cm³/mol. The molecule has 61 heavy (non-hydrogen) atoms. The first kappa shape index (κ1) is 51.0. The van der Waals surface area contributed by atoms with E-state index in [1.807, 2.05) is 0 Å². The summed E-state index contributed by atoms with van der Waals surface area (Å²) in [6, 6.07) is 3.32. The number of rotatable bonds is 34. The fraction of sp³-hybridized carbons (Fsp3) is 0.700. The van der Waals surface area contributed by atoms with Crippen molar-refractivity contribution in [3.05, 3.63) is 29.3 Å². The van der Waals surface area contributed by atoms with Crippen molar-refractivity contribution in [1.82, 2.24) is 20.9 Å². The van der Waals surface area contributed by atoms with E-state index in [1.54, 1.807) is 20.8 Å². The molecular weight excluding hydrogens is 808 g/mol. The Balaban J connectivity index is 1.01. The van der Waals surface area contributed by atoms with Gasteiger partial charge in [0.05, 0.1) is 130 Å². The third-order valence-corrected chi connectivity index (χ3v) is 8.25. The highest BCUT2D eigenvalue weighted by molar-refractivity contribution is 6.24. The molecule has 0 aliphatic carbocycles. The van der Waals surface area contributed by atoms with Crippen LogP contribution in [-0.2, 0) is 61.8 Å². The minimum Gasteiger partial charge on any atom is -0.483 e. The Morgan fingerprint density at radius 2 is 1.08 bits per heavy atom. The lowest BCUT2D eigenvalue weighted by Gasteiger charge is -2.27. The van der Waals surface area contributed by atoms with E-state index in [0.29, 0.717) is 119 Å². The van der Waals surface area contributed by atoms with Gasteiger partial charge in [-0.1, -0.05) is 6.07 Å². The maximum atomic E-state index is 13.1. The summed E-state index contributed by atoms with van der Waals surface area (Å²) in [6.07, 6.45) is -0.429. The van der Waals surface area contributed by atoms with Gasteiger partial charge in [0.15, 0.2) is 6.61 Å². The molecule has 2 aliphatic rings. The van der Waals surface area contributed by atoms with Crippen molar-refractivity contribution in [3.8, 4) is 5.75 Å². The molecule has 2 aliphatic heterocycles. The second kappa shape index (κ2) is 29.9. The molecule has 0 aromatic heterocycles. The Kier molecular flexibility index (Phi) is 25.0. The van der Waals surface area contributed by atoms with E-state index >= 15 is 0 Å². The van der Waals surface area contributed by atoms with Crippen LogP contribution >= 0.6 is 0 Å². The topological polar surface area (TPSA) is 243 Å². The molecule has 6 amide bonds. The van der Waals surface area contributed by atoms with E-state index in [0.717, 1.165) is 4.90 Å². The summed E-state index contributed by atoms with van der Waals surface area (Å²) < 4.78 is 59.8. The molecule has 21 nitrogen and oxygen atoms in total. The predicted octanol–water partition coefficient (Wildman–Crippen LogP) is 0.257. The first-order valence-corrected chi connectivity index (χ1v) is 20.4. The van der Waals surface area contributed by atoms with E-state index in [2.05, 4.69) is 16.0 Å². The molecule has 344 valence electrons. The monoisotopic (exact) mass is 870 g/mol. The minimum absolute atomic E-state index is 0.00738. The Labute approximate surface area is 355 Å². The molecular formula is C40H62N4O17. The summed E-state index contributed by atoms with van der Waals surface area (Å²) in [6.45, 7) is 12.9. The molecule has 2 heterocycles. The van der Waals surface area contributed by atoms with Gasteiger partial charge in [0.25, 0.3) is 17.7 Å². The van der Waals surface area contributed by atoms with Gasteiger partial charge in [-0.05, 0) is 39.3 Å². The number of amides is 6. The Morgan fingerprint density at radius 1 is 0.639 bits per heavy atom. The average Bonchev–Trinajstić information content (AvgIpc) is 3.47. The first-order chi connectivity index (χ1) is 29.5. The summed E-state index contributed by atoms with van der Waals surface area (Å²) in [5.41, 5.74) is -0.502. The van der Waals surface area contributed by atoms with Gasteiger partial charge < -0.3 is 62.7 Å². The van der Waals surface area contributed by atoms with E-state index in [1.165, 1.54) is 18.2 Å². The lowest BCUT2D eigenvalue weighted by atomic mass is 10.0. The number of piperidine rings is 1. The number of hydrogen-bond acceptors (Lipinski definition) is 17. The lowest BCUT2D eigenvalue weighted by Crippen LogP contribution is -2.54. The van der Waals surface area contributed by atoms with Crippen LogP contribution in [0.5, 0.6) is 5.75 Å². The zero-order valence-corrected chi connectivity index (χ0v) is 35.5. The maximum absolute atomic E-state index is 13.1. The third-order valence-electron chi connectivity index (χ3n) is 8.25. The summed E-state index contributed by atoms with van der Waals surface area (Å²) in [5, 5.41) is 7.42. The fourth-order valence-corrected chi connectivity index (χ4v) is 5.46. The Bertz CT molecular complexity index is 1510. The van der Waals surface area contributed by atoms with Gasteiger partial charge in [-0.25, -0.2) is 4.79 Å². The maximum Gasteiger partial charge on any atom is 0.407 e. The number of nitrogens with zero attached hydrogens (tertiary/aromatic N) is 1. The molecule has 21 heteroatoms. The molecule has 1 aromatic rings. The molecule has 3 rings (SSSR count). The van der Waals surface area contributed by atoms with Crippen molar-refractivity contribution >= 4 is 35.6 Å². The van der Waals surface area contributed by atoms with Crippen molar-refractivity contribution in [3.63, 3.8) is 0 Å². The SMILES string of the molecule is CC(C)(C)OC(=O)NCCOCCOCCOCCOCCOCCOCCOCCOCCOCCNC(=O)COc1cccc2c1C(=O)N(C1CCC(=O)NC1=O)C2=O. The zero-order chi connectivity index (χ0) is 44.1. The molecule has 0 bridgehead atoms. The summed E-state index contributed by atoms with van der Waals surface area (Å²) in [7, 11) is 0. The van der Waals surface area contributed by atoms with Gasteiger partial charge in [0.2, 0.25) is 11.8 Å². The van der Waals surface area contributed by atoms with Crippen LogP contribution in [0.2, 0.25) is 0 Å². The van der Waals surface area contributed by atoms with Gasteiger partial charge in [0, 0.05) is 19.5 Å².